The van der Waals surface area contributed by atoms with Gasteiger partial charge in [-0.15, -0.1) is 0 Å². The topological polar surface area (TPSA) is 84.1 Å². The Labute approximate surface area is 179 Å². The molecule has 7 heteroatoms. The highest BCUT2D eigenvalue weighted by Crippen LogP contribution is 2.35. The molecule has 4 rings (SSSR count). The monoisotopic (exact) mass is 421 g/mol. The van der Waals surface area contributed by atoms with Gasteiger partial charge in [-0.1, -0.05) is 61.2 Å². The van der Waals surface area contributed by atoms with Gasteiger partial charge in [0.2, 0.25) is 5.91 Å². The van der Waals surface area contributed by atoms with Gasteiger partial charge in [-0.25, -0.2) is 4.98 Å². The first-order valence-electron chi connectivity index (χ1n) is 9.97. The molecule has 1 unspecified atom stereocenters. The third-order valence-electron chi connectivity index (χ3n) is 4.90. The average Bonchev–Trinajstić information content (AvgIpc) is 2.76. The Balaban J connectivity index is 1.55. The quantitative estimate of drug-likeness (QED) is 0.438. The van der Waals surface area contributed by atoms with Gasteiger partial charge in [-0.3, -0.25) is 9.59 Å². The summed E-state index contributed by atoms with van der Waals surface area (Å²) in [7, 11) is 0. The Morgan fingerprint density at radius 3 is 2.60 bits per heavy atom. The fourth-order valence-corrected chi connectivity index (χ4v) is 4.16. The van der Waals surface area contributed by atoms with Crippen molar-refractivity contribution in [3.8, 4) is 5.75 Å². The minimum Gasteiger partial charge on any atom is -0.489 e. The average molecular weight is 422 g/mol. The molecule has 1 aliphatic heterocycles. The van der Waals surface area contributed by atoms with E-state index in [1.54, 1.807) is 0 Å². The van der Waals surface area contributed by atoms with E-state index in [2.05, 4.69) is 22.2 Å². The second-order valence-electron chi connectivity index (χ2n) is 7.13. The van der Waals surface area contributed by atoms with Gasteiger partial charge in [0.15, 0.2) is 5.16 Å². The first-order valence-corrected chi connectivity index (χ1v) is 11.0. The zero-order valence-corrected chi connectivity index (χ0v) is 17.5. The normalized spacial score (nSPS) is 15.4. The standard InChI is InChI=1S/C23H23N3O3S/c1-2-12-30-23-25-21-20(22(28)26-23)18(13-19(27)24-21)16-8-10-17(11-9-16)29-14-15-6-4-3-5-7-15/h3-11,18H,2,12-14H2,1H3,(H2,24,25,26,27,28). The number of nitrogens with one attached hydrogen (secondary N) is 2. The van der Waals surface area contributed by atoms with E-state index < -0.39 is 0 Å². The maximum atomic E-state index is 12.8. The van der Waals surface area contributed by atoms with E-state index in [-0.39, 0.29) is 23.8 Å². The van der Waals surface area contributed by atoms with E-state index in [4.69, 9.17) is 4.74 Å². The predicted octanol–water partition coefficient (Wildman–Crippen LogP) is 4.33. The van der Waals surface area contributed by atoms with Crippen LogP contribution < -0.4 is 15.6 Å². The minimum absolute atomic E-state index is 0.138. The van der Waals surface area contributed by atoms with Gasteiger partial charge in [-0.2, -0.15) is 0 Å². The van der Waals surface area contributed by atoms with Crippen LogP contribution in [0.25, 0.3) is 0 Å². The van der Waals surface area contributed by atoms with E-state index in [0.717, 1.165) is 29.1 Å². The molecule has 6 nitrogen and oxygen atoms in total. The van der Waals surface area contributed by atoms with Crippen LogP contribution >= 0.6 is 11.8 Å². The fraction of sp³-hybridized carbons (Fsp3) is 0.261. The number of benzene rings is 2. The molecule has 154 valence electrons. The number of nitrogens with zero attached hydrogens (tertiary/aromatic N) is 1. The molecule has 0 aliphatic carbocycles. The molecule has 1 amide bonds. The number of hydrogen-bond acceptors (Lipinski definition) is 5. The summed E-state index contributed by atoms with van der Waals surface area (Å²) in [6.45, 7) is 2.55. The van der Waals surface area contributed by atoms with Gasteiger partial charge in [0, 0.05) is 18.1 Å². The van der Waals surface area contributed by atoms with Crippen LogP contribution in [0.2, 0.25) is 0 Å². The van der Waals surface area contributed by atoms with Gasteiger partial charge in [0.1, 0.15) is 18.2 Å². The molecule has 0 spiro atoms. The highest BCUT2D eigenvalue weighted by Gasteiger charge is 2.30. The Bertz CT molecular complexity index is 1080. The van der Waals surface area contributed by atoms with Crippen LogP contribution in [0.1, 0.15) is 42.4 Å². The zero-order chi connectivity index (χ0) is 20.9. The number of hydrogen-bond donors (Lipinski definition) is 2. The summed E-state index contributed by atoms with van der Waals surface area (Å²) in [5, 5.41) is 3.29. The van der Waals surface area contributed by atoms with Crippen molar-refractivity contribution >= 4 is 23.5 Å². The van der Waals surface area contributed by atoms with Crippen molar-refractivity contribution in [3.63, 3.8) is 0 Å². The largest absolute Gasteiger partial charge is 0.489 e. The summed E-state index contributed by atoms with van der Waals surface area (Å²) >= 11 is 1.48. The third-order valence-corrected chi connectivity index (χ3v) is 5.98. The molecule has 1 aromatic heterocycles. The summed E-state index contributed by atoms with van der Waals surface area (Å²) in [5.74, 6) is 1.48. The van der Waals surface area contributed by atoms with Crippen molar-refractivity contribution < 1.29 is 9.53 Å². The molecule has 0 radical (unpaired) electrons. The Hall–Kier alpha value is -3.06. The summed E-state index contributed by atoms with van der Waals surface area (Å²) in [6.07, 6.45) is 1.18. The lowest BCUT2D eigenvalue weighted by atomic mass is 9.87. The smallest absolute Gasteiger partial charge is 0.257 e. The van der Waals surface area contributed by atoms with Crippen molar-refractivity contribution in [2.24, 2.45) is 0 Å². The number of amides is 1. The van der Waals surface area contributed by atoms with Crippen molar-refractivity contribution in [2.75, 3.05) is 11.1 Å². The zero-order valence-electron chi connectivity index (χ0n) is 16.7. The lowest BCUT2D eigenvalue weighted by molar-refractivity contribution is -0.116. The van der Waals surface area contributed by atoms with Crippen LogP contribution in [0.3, 0.4) is 0 Å². The van der Waals surface area contributed by atoms with Gasteiger partial charge in [0.25, 0.3) is 5.56 Å². The van der Waals surface area contributed by atoms with E-state index in [1.807, 2.05) is 54.6 Å². The number of fused-ring (bicyclic) bond motifs is 1. The summed E-state index contributed by atoms with van der Waals surface area (Å²) in [5.41, 5.74) is 2.29. The van der Waals surface area contributed by atoms with E-state index in [9.17, 15) is 9.59 Å². The molecule has 2 heterocycles. The molecular weight excluding hydrogens is 398 g/mol. The molecule has 0 bridgehead atoms. The number of ether oxygens (including phenoxy) is 1. The van der Waals surface area contributed by atoms with E-state index in [1.165, 1.54) is 11.8 Å². The lowest BCUT2D eigenvalue weighted by Gasteiger charge is -2.24. The number of rotatable bonds is 7. The SMILES string of the molecule is CCCSc1nc2c(c(=O)[nH]1)C(c1ccc(OCc3ccccc3)cc1)CC(=O)N2. The van der Waals surface area contributed by atoms with Crippen LogP contribution in [0.15, 0.2) is 64.5 Å². The number of aromatic nitrogens is 2. The Morgan fingerprint density at radius 1 is 1.10 bits per heavy atom. The number of aromatic amines is 1. The number of thioether (sulfide) groups is 1. The van der Waals surface area contributed by atoms with E-state index >= 15 is 0 Å². The number of H-pyrrole nitrogens is 1. The van der Waals surface area contributed by atoms with Gasteiger partial charge < -0.3 is 15.0 Å². The maximum Gasteiger partial charge on any atom is 0.257 e. The molecule has 2 N–H and O–H groups in total. The molecule has 0 saturated heterocycles. The lowest BCUT2D eigenvalue weighted by Crippen LogP contribution is -2.31. The van der Waals surface area contributed by atoms with Crippen molar-refractivity contribution in [1.29, 1.82) is 0 Å². The fourth-order valence-electron chi connectivity index (χ4n) is 3.44. The number of anilines is 1. The summed E-state index contributed by atoms with van der Waals surface area (Å²) < 4.78 is 5.84. The molecular formula is C23H23N3O3S. The van der Waals surface area contributed by atoms with Gasteiger partial charge in [0.05, 0.1) is 5.56 Å². The Kier molecular flexibility index (Phi) is 6.18. The van der Waals surface area contributed by atoms with Crippen LogP contribution in [0.5, 0.6) is 5.75 Å². The molecule has 3 aromatic rings. The second kappa shape index (κ2) is 9.17. The molecule has 2 aromatic carbocycles. The first kappa shape index (κ1) is 20.2. The van der Waals surface area contributed by atoms with E-state index in [0.29, 0.717) is 23.1 Å². The van der Waals surface area contributed by atoms with Gasteiger partial charge in [-0.05, 0) is 29.7 Å². The predicted molar refractivity (Wildman–Crippen MR) is 118 cm³/mol. The maximum absolute atomic E-state index is 12.8. The van der Waals surface area contributed by atoms with Crippen LogP contribution in [0, 0.1) is 0 Å². The second-order valence-corrected chi connectivity index (χ2v) is 8.21. The molecule has 30 heavy (non-hydrogen) atoms. The highest BCUT2D eigenvalue weighted by atomic mass is 32.2. The molecule has 0 fully saturated rings. The van der Waals surface area contributed by atoms with Gasteiger partial charge >= 0.3 is 0 Å². The third kappa shape index (κ3) is 4.57. The molecule has 1 aliphatic rings. The minimum atomic E-state index is -0.335. The summed E-state index contributed by atoms with van der Waals surface area (Å²) in [6, 6.07) is 17.5. The van der Waals surface area contributed by atoms with Crippen LogP contribution in [-0.2, 0) is 11.4 Å². The first-order chi connectivity index (χ1) is 14.6. The summed E-state index contributed by atoms with van der Waals surface area (Å²) in [4.78, 5) is 32.4. The van der Waals surface area contributed by atoms with Crippen molar-refractivity contribution in [3.05, 3.63) is 81.6 Å². The van der Waals surface area contributed by atoms with Crippen LogP contribution in [0.4, 0.5) is 5.82 Å². The highest BCUT2D eigenvalue weighted by molar-refractivity contribution is 7.99. The molecule has 1 atom stereocenters. The number of carbonyl (C=O) groups excluding carboxylic acids is 1. The van der Waals surface area contributed by atoms with Crippen molar-refractivity contribution in [1.82, 2.24) is 9.97 Å². The van der Waals surface area contributed by atoms with Crippen molar-refractivity contribution in [2.45, 2.75) is 37.4 Å². The number of carbonyl (C=O) groups is 1. The molecule has 0 saturated carbocycles. The van der Waals surface area contributed by atoms with Crippen LogP contribution in [-0.4, -0.2) is 21.6 Å². The Morgan fingerprint density at radius 2 is 1.87 bits per heavy atom.